The average Bonchev–Trinajstić information content (AvgIpc) is 3.06. The Bertz CT molecular complexity index is 453. The van der Waals surface area contributed by atoms with Gasteiger partial charge in [-0.05, 0) is 39.9 Å². The van der Waals surface area contributed by atoms with Gasteiger partial charge < -0.3 is 15.4 Å². The van der Waals surface area contributed by atoms with Crippen molar-refractivity contribution >= 4 is 0 Å². The molecule has 2 heterocycles. The third kappa shape index (κ3) is 3.56. The molecule has 21 heavy (non-hydrogen) atoms. The number of aryl methyl sites for hydroxylation is 2. The number of hydrogen-bond donors (Lipinski definition) is 1. The van der Waals surface area contributed by atoms with Crippen LogP contribution in [0.3, 0.4) is 0 Å². The van der Waals surface area contributed by atoms with Crippen LogP contribution < -0.4 is 10.5 Å². The molecule has 1 aliphatic rings. The fourth-order valence-corrected chi connectivity index (χ4v) is 3.26. The largest absolute Gasteiger partial charge is 0.481 e. The van der Waals surface area contributed by atoms with E-state index in [1.807, 2.05) is 14.0 Å². The summed E-state index contributed by atoms with van der Waals surface area (Å²) < 4.78 is 7.31. The maximum atomic E-state index is 6.04. The van der Waals surface area contributed by atoms with Gasteiger partial charge in [0.05, 0.1) is 24.4 Å². The molecule has 1 atom stereocenters. The van der Waals surface area contributed by atoms with Gasteiger partial charge in [-0.2, -0.15) is 5.10 Å². The lowest BCUT2D eigenvalue weighted by atomic mass is 10.1. The van der Waals surface area contributed by atoms with Crippen molar-refractivity contribution in [1.29, 1.82) is 0 Å². The summed E-state index contributed by atoms with van der Waals surface area (Å²) in [7, 11) is 5.74. The van der Waals surface area contributed by atoms with Crippen molar-refractivity contribution in [1.82, 2.24) is 19.6 Å². The molecule has 1 aliphatic heterocycles. The molecule has 0 amide bonds. The van der Waals surface area contributed by atoms with E-state index in [-0.39, 0.29) is 6.04 Å². The maximum Gasteiger partial charge on any atom is 0.216 e. The molecule has 6 nitrogen and oxygen atoms in total. The Morgan fingerprint density at radius 2 is 2.05 bits per heavy atom. The summed E-state index contributed by atoms with van der Waals surface area (Å²) in [6.45, 7) is 7.18. The highest BCUT2D eigenvalue weighted by Gasteiger charge is 2.26. The summed E-state index contributed by atoms with van der Waals surface area (Å²) in [5, 5.41) is 4.47. The van der Waals surface area contributed by atoms with Crippen LogP contribution in [0.5, 0.6) is 5.88 Å². The molecule has 0 aromatic carbocycles. The number of likely N-dealkylation sites (tertiary alicyclic amines) is 1. The van der Waals surface area contributed by atoms with E-state index in [9.17, 15) is 0 Å². The molecular weight excluding hydrogens is 266 g/mol. The summed E-state index contributed by atoms with van der Waals surface area (Å²) in [6, 6.07) is 0.149. The van der Waals surface area contributed by atoms with E-state index in [1.165, 1.54) is 25.9 Å². The minimum atomic E-state index is 0.149. The van der Waals surface area contributed by atoms with Crippen molar-refractivity contribution in [3.05, 3.63) is 11.3 Å². The number of likely N-dealkylation sites (N-methyl/N-ethyl adjacent to an activating group) is 1. The Morgan fingerprint density at radius 1 is 1.38 bits per heavy atom. The van der Waals surface area contributed by atoms with Crippen molar-refractivity contribution in [2.45, 2.75) is 25.8 Å². The van der Waals surface area contributed by atoms with E-state index in [0.29, 0.717) is 6.54 Å². The predicted octanol–water partition coefficient (Wildman–Crippen LogP) is 0.765. The molecule has 1 unspecified atom stereocenters. The van der Waals surface area contributed by atoms with Crippen LogP contribution in [0.2, 0.25) is 0 Å². The van der Waals surface area contributed by atoms with E-state index < -0.39 is 0 Å². The third-order valence-corrected chi connectivity index (χ3v) is 4.46. The van der Waals surface area contributed by atoms with Gasteiger partial charge in [-0.3, -0.25) is 4.90 Å². The summed E-state index contributed by atoms with van der Waals surface area (Å²) >= 11 is 0. The molecule has 1 saturated heterocycles. The van der Waals surface area contributed by atoms with E-state index >= 15 is 0 Å². The average molecular weight is 295 g/mol. The number of ether oxygens (including phenoxy) is 1. The van der Waals surface area contributed by atoms with Gasteiger partial charge in [0.25, 0.3) is 0 Å². The van der Waals surface area contributed by atoms with Gasteiger partial charge in [0.1, 0.15) is 0 Å². The smallest absolute Gasteiger partial charge is 0.216 e. The number of nitrogens with two attached hydrogens (primary N) is 1. The Labute approximate surface area is 127 Å². The molecule has 2 N–H and O–H groups in total. The lowest BCUT2D eigenvalue weighted by Crippen LogP contribution is -2.37. The minimum Gasteiger partial charge on any atom is -0.481 e. The van der Waals surface area contributed by atoms with Crippen LogP contribution in [-0.2, 0) is 7.05 Å². The Hall–Kier alpha value is -1.11. The van der Waals surface area contributed by atoms with Gasteiger partial charge in [-0.1, -0.05) is 0 Å². The number of rotatable bonds is 7. The highest BCUT2D eigenvalue weighted by atomic mass is 16.5. The van der Waals surface area contributed by atoms with E-state index in [0.717, 1.165) is 30.2 Å². The standard InChI is InChI=1S/C15H29N5O/c1-12-14(15(21-4)19(3)17-12)13(11-16)18(2)9-10-20-7-5-6-8-20/h13H,5-11,16H2,1-4H3. The van der Waals surface area contributed by atoms with Crippen LogP contribution in [0, 0.1) is 6.92 Å². The Morgan fingerprint density at radius 3 is 2.62 bits per heavy atom. The minimum absolute atomic E-state index is 0.149. The fourth-order valence-electron chi connectivity index (χ4n) is 3.26. The molecule has 0 aliphatic carbocycles. The van der Waals surface area contributed by atoms with Gasteiger partial charge in [-0.25, -0.2) is 4.68 Å². The topological polar surface area (TPSA) is 59.6 Å². The van der Waals surface area contributed by atoms with Crippen LogP contribution in [0.1, 0.15) is 30.1 Å². The van der Waals surface area contributed by atoms with Crippen LogP contribution in [-0.4, -0.2) is 66.5 Å². The van der Waals surface area contributed by atoms with E-state index in [2.05, 4.69) is 21.9 Å². The van der Waals surface area contributed by atoms with Crippen LogP contribution in [0.4, 0.5) is 0 Å². The first kappa shape index (κ1) is 16.3. The zero-order chi connectivity index (χ0) is 15.4. The fraction of sp³-hybridized carbons (Fsp3) is 0.800. The molecule has 1 aromatic rings. The predicted molar refractivity (Wildman–Crippen MR) is 84.6 cm³/mol. The highest BCUT2D eigenvalue weighted by Crippen LogP contribution is 2.30. The molecule has 1 fully saturated rings. The van der Waals surface area contributed by atoms with Crippen molar-refractivity contribution in [2.24, 2.45) is 12.8 Å². The quantitative estimate of drug-likeness (QED) is 0.805. The SMILES string of the molecule is COc1c(C(CN)N(C)CCN2CCCC2)c(C)nn1C. The van der Waals surface area contributed by atoms with Gasteiger partial charge in [0.2, 0.25) is 5.88 Å². The lowest BCUT2D eigenvalue weighted by molar-refractivity contribution is 0.205. The van der Waals surface area contributed by atoms with Gasteiger partial charge >= 0.3 is 0 Å². The van der Waals surface area contributed by atoms with E-state index in [4.69, 9.17) is 10.5 Å². The van der Waals surface area contributed by atoms with Crippen molar-refractivity contribution in [3.63, 3.8) is 0 Å². The summed E-state index contributed by atoms with van der Waals surface area (Å²) in [5.41, 5.74) is 8.16. The van der Waals surface area contributed by atoms with Crippen LogP contribution >= 0.6 is 0 Å². The highest BCUT2D eigenvalue weighted by molar-refractivity contribution is 5.34. The summed E-state index contributed by atoms with van der Waals surface area (Å²) in [5.74, 6) is 0.816. The van der Waals surface area contributed by atoms with E-state index in [1.54, 1.807) is 11.8 Å². The summed E-state index contributed by atoms with van der Waals surface area (Å²) in [4.78, 5) is 4.85. The first-order valence-corrected chi connectivity index (χ1v) is 7.78. The second kappa shape index (κ2) is 7.24. The van der Waals surface area contributed by atoms with Crippen molar-refractivity contribution in [2.75, 3.05) is 46.9 Å². The molecule has 0 saturated carbocycles. The molecule has 0 spiro atoms. The molecule has 6 heteroatoms. The third-order valence-electron chi connectivity index (χ3n) is 4.46. The molecule has 2 rings (SSSR count). The second-order valence-electron chi connectivity index (χ2n) is 5.91. The molecule has 0 bridgehead atoms. The number of hydrogen-bond acceptors (Lipinski definition) is 5. The van der Waals surface area contributed by atoms with Crippen molar-refractivity contribution in [3.8, 4) is 5.88 Å². The maximum absolute atomic E-state index is 6.04. The van der Waals surface area contributed by atoms with Crippen LogP contribution in [0.15, 0.2) is 0 Å². The molecule has 1 aromatic heterocycles. The van der Waals surface area contributed by atoms with Gasteiger partial charge in [0.15, 0.2) is 0 Å². The summed E-state index contributed by atoms with van der Waals surface area (Å²) in [6.07, 6.45) is 2.67. The number of nitrogens with zero attached hydrogens (tertiary/aromatic N) is 4. The molecular formula is C15H29N5O. The normalized spacial score (nSPS) is 17.6. The monoisotopic (exact) mass is 295 g/mol. The van der Waals surface area contributed by atoms with Gasteiger partial charge in [0, 0.05) is 26.7 Å². The van der Waals surface area contributed by atoms with Gasteiger partial charge in [-0.15, -0.1) is 0 Å². The zero-order valence-electron chi connectivity index (χ0n) is 13.8. The number of methoxy groups -OCH3 is 1. The molecule has 0 radical (unpaired) electrons. The first-order chi connectivity index (χ1) is 10.1. The molecule has 120 valence electrons. The Balaban J connectivity index is 2.07. The lowest BCUT2D eigenvalue weighted by Gasteiger charge is -2.29. The van der Waals surface area contributed by atoms with Crippen molar-refractivity contribution < 1.29 is 4.74 Å². The number of aromatic nitrogens is 2. The first-order valence-electron chi connectivity index (χ1n) is 7.78. The zero-order valence-corrected chi connectivity index (χ0v) is 13.8. The van der Waals surface area contributed by atoms with Crippen LogP contribution in [0.25, 0.3) is 0 Å². The Kier molecular flexibility index (Phi) is 5.61. The second-order valence-corrected chi connectivity index (χ2v) is 5.91.